The van der Waals surface area contributed by atoms with Gasteiger partial charge in [-0.25, -0.2) is 4.98 Å². The molecule has 11 rings (SSSR count). The Hall–Kier alpha value is -6.29. The Morgan fingerprint density at radius 3 is 1.85 bits per heavy atom. The summed E-state index contributed by atoms with van der Waals surface area (Å²) in [5.74, 6) is 0. The van der Waals surface area contributed by atoms with E-state index in [4.69, 9.17) is 4.98 Å². The van der Waals surface area contributed by atoms with Crippen LogP contribution in [0.1, 0.15) is 25.0 Å². The van der Waals surface area contributed by atoms with Crippen molar-refractivity contribution in [2.24, 2.45) is 0 Å². The van der Waals surface area contributed by atoms with E-state index in [9.17, 15) is 0 Å². The predicted molar refractivity (Wildman–Crippen MR) is 225 cm³/mol. The van der Waals surface area contributed by atoms with E-state index < -0.39 is 0 Å². The van der Waals surface area contributed by atoms with E-state index in [0.29, 0.717) is 0 Å². The van der Waals surface area contributed by atoms with Gasteiger partial charge in [-0.05, 0) is 69.8 Å². The molecule has 10 aromatic rings. The maximum atomic E-state index is 5.13. The van der Waals surface area contributed by atoms with Crippen molar-refractivity contribution >= 4 is 53.3 Å². The fourth-order valence-corrected chi connectivity index (χ4v) is 10.4. The quantitative estimate of drug-likeness (QED) is 0.179. The Kier molecular flexibility index (Phi) is 6.50. The maximum absolute atomic E-state index is 5.13. The summed E-state index contributed by atoms with van der Waals surface area (Å²) < 4.78 is 5.26. The molecule has 0 atom stereocenters. The Bertz CT molecular complexity index is 3000. The van der Waals surface area contributed by atoms with Crippen LogP contribution in [0.5, 0.6) is 0 Å². The van der Waals surface area contributed by atoms with Gasteiger partial charge < -0.3 is 4.57 Å². The molecular formula is C50H34N2S. The van der Waals surface area contributed by atoms with Crippen molar-refractivity contribution in [3.63, 3.8) is 0 Å². The normalized spacial score (nSPS) is 13.2. The summed E-state index contributed by atoms with van der Waals surface area (Å²) >= 11 is 1.95. The lowest BCUT2D eigenvalue weighted by molar-refractivity contribution is 0.667. The second-order valence-corrected chi connectivity index (χ2v) is 15.8. The minimum Gasteiger partial charge on any atom is -0.309 e. The van der Waals surface area contributed by atoms with Gasteiger partial charge in [-0.1, -0.05) is 147 Å². The number of benzene rings is 7. The van der Waals surface area contributed by atoms with Gasteiger partial charge in [-0.3, -0.25) is 0 Å². The molecule has 0 unspecified atom stereocenters. The highest BCUT2D eigenvalue weighted by molar-refractivity contribution is 7.26. The summed E-state index contributed by atoms with van der Waals surface area (Å²) in [5, 5.41) is 5.32. The summed E-state index contributed by atoms with van der Waals surface area (Å²) in [4.78, 5) is 5.13. The van der Waals surface area contributed by atoms with Gasteiger partial charge in [0.15, 0.2) is 0 Å². The minimum absolute atomic E-state index is 0.119. The molecule has 0 spiro atoms. The zero-order valence-corrected chi connectivity index (χ0v) is 30.3. The summed E-state index contributed by atoms with van der Waals surface area (Å²) in [6.07, 6.45) is 0. The van der Waals surface area contributed by atoms with E-state index in [1.54, 1.807) is 0 Å². The van der Waals surface area contributed by atoms with Crippen molar-refractivity contribution in [2.45, 2.75) is 19.3 Å². The maximum Gasteiger partial charge on any atom is 0.0715 e. The Morgan fingerprint density at radius 1 is 0.528 bits per heavy atom. The fourth-order valence-electron chi connectivity index (χ4n) is 8.95. The highest BCUT2D eigenvalue weighted by Gasteiger charge is 2.40. The summed E-state index contributed by atoms with van der Waals surface area (Å²) in [6, 6.07) is 61.6. The topological polar surface area (TPSA) is 17.8 Å². The first-order valence-electron chi connectivity index (χ1n) is 18.3. The van der Waals surface area contributed by atoms with Crippen LogP contribution in [0.25, 0.3) is 92.4 Å². The Morgan fingerprint density at radius 2 is 1.13 bits per heavy atom. The molecule has 3 aromatic heterocycles. The lowest BCUT2D eigenvalue weighted by Gasteiger charge is -2.22. The number of nitrogens with zero attached hydrogens (tertiary/aromatic N) is 2. The molecule has 3 heteroatoms. The second kappa shape index (κ2) is 11.4. The number of fused-ring (bicyclic) bond motifs is 12. The van der Waals surface area contributed by atoms with Crippen molar-refractivity contribution in [1.82, 2.24) is 9.55 Å². The van der Waals surface area contributed by atoms with E-state index in [1.807, 2.05) is 11.3 Å². The first-order valence-corrected chi connectivity index (χ1v) is 19.1. The molecule has 2 nitrogen and oxygen atoms in total. The van der Waals surface area contributed by atoms with Crippen molar-refractivity contribution < 1.29 is 0 Å². The van der Waals surface area contributed by atoms with Crippen molar-refractivity contribution in [3.8, 4) is 50.5 Å². The number of rotatable bonds is 4. The first-order chi connectivity index (χ1) is 26.1. The number of thiophene rings is 1. The van der Waals surface area contributed by atoms with Gasteiger partial charge in [-0.2, -0.15) is 0 Å². The number of pyridine rings is 1. The Balaban J connectivity index is 1.18. The van der Waals surface area contributed by atoms with Crippen LogP contribution in [-0.2, 0) is 5.41 Å². The predicted octanol–water partition coefficient (Wildman–Crippen LogP) is 13.9. The summed E-state index contributed by atoms with van der Waals surface area (Å²) in [5.41, 5.74) is 15.6. The number of hydrogen-bond acceptors (Lipinski definition) is 2. The molecule has 0 bridgehead atoms. The summed E-state index contributed by atoms with van der Waals surface area (Å²) in [6.45, 7) is 4.83. The number of aromatic nitrogens is 2. The van der Waals surface area contributed by atoms with Crippen molar-refractivity contribution in [1.29, 1.82) is 0 Å². The molecule has 0 fully saturated rings. The molecule has 0 radical (unpaired) electrons. The first kappa shape index (κ1) is 30.3. The van der Waals surface area contributed by atoms with E-state index in [-0.39, 0.29) is 5.41 Å². The van der Waals surface area contributed by atoms with E-state index in [2.05, 4.69) is 188 Å². The smallest absolute Gasteiger partial charge is 0.0715 e. The van der Waals surface area contributed by atoms with Gasteiger partial charge in [-0.15, -0.1) is 11.3 Å². The molecule has 7 aromatic carbocycles. The third kappa shape index (κ3) is 4.41. The molecule has 0 aliphatic heterocycles. The van der Waals surface area contributed by atoms with E-state index in [0.717, 1.165) is 39.3 Å². The van der Waals surface area contributed by atoms with Crippen LogP contribution in [0.3, 0.4) is 0 Å². The lowest BCUT2D eigenvalue weighted by atomic mass is 9.81. The van der Waals surface area contributed by atoms with Crippen LogP contribution in [0.4, 0.5) is 0 Å². The van der Waals surface area contributed by atoms with Crippen LogP contribution in [0.2, 0.25) is 0 Å². The van der Waals surface area contributed by atoms with E-state index in [1.165, 1.54) is 64.2 Å². The standard InChI is InChI=1S/C50H34N2S/c1-50(2)39-22-12-9-19-36(39)44-45-37-20-10-13-23-42(37)52(48(45)46-38-21-11-14-24-43(38)53-49(46)47(44)50)35-27-25-31(26-28-35)34-29-40(32-15-5-3-6-16-32)51-41(30-34)33-17-7-4-8-18-33/h3-30H,1-2H3. The number of para-hydroxylation sites is 1. The summed E-state index contributed by atoms with van der Waals surface area (Å²) in [7, 11) is 0. The van der Waals surface area contributed by atoms with Gasteiger partial charge in [0.05, 0.1) is 22.4 Å². The average molecular weight is 695 g/mol. The average Bonchev–Trinajstić information content (AvgIpc) is 3.84. The molecule has 1 aliphatic carbocycles. The fraction of sp³-hybridized carbons (Fsp3) is 0.0600. The molecule has 0 N–H and O–H groups in total. The van der Waals surface area contributed by atoms with Gasteiger partial charge in [0.2, 0.25) is 0 Å². The zero-order chi connectivity index (χ0) is 35.3. The molecule has 0 amide bonds. The van der Waals surface area contributed by atoms with Gasteiger partial charge in [0, 0.05) is 53.2 Å². The largest absolute Gasteiger partial charge is 0.309 e. The second-order valence-electron chi connectivity index (χ2n) is 14.7. The number of hydrogen-bond donors (Lipinski definition) is 0. The van der Waals surface area contributed by atoms with Crippen molar-refractivity contribution in [2.75, 3.05) is 0 Å². The SMILES string of the molecule is CC1(C)c2ccccc2-c2c1c1sc3ccccc3c1c1c2c2ccccc2n1-c1ccc(-c2cc(-c3ccccc3)nc(-c3ccccc3)c2)cc1. The van der Waals surface area contributed by atoms with Gasteiger partial charge in [0.1, 0.15) is 0 Å². The lowest BCUT2D eigenvalue weighted by Crippen LogP contribution is -2.15. The van der Waals surface area contributed by atoms with Gasteiger partial charge in [0.25, 0.3) is 0 Å². The molecule has 0 saturated heterocycles. The monoisotopic (exact) mass is 694 g/mol. The molecule has 3 heterocycles. The third-order valence-electron chi connectivity index (χ3n) is 11.4. The van der Waals surface area contributed by atoms with Crippen LogP contribution < -0.4 is 0 Å². The minimum atomic E-state index is -0.119. The van der Waals surface area contributed by atoms with Crippen LogP contribution in [0.15, 0.2) is 170 Å². The Labute approximate surface area is 312 Å². The molecule has 1 aliphatic rings. The zero-order valence-electron chi connectivity index (χ0n) is 29.5. The van der Waals surface area contributed by atoms with Crippen LogP contribution in [-0.4, -0.2) is 9.55 Å². The van der Waals surface area contributed by atoms with Crippen molar-refractivity contribution in [3.05, 3.63) is 181 Å². The highest BCUT2D eigenvalue weighted by Crippen LogP contribution is 2.58. The third-order valence-corrected chi connectivity index (χ3v) is 12.5. The van der Waals surface area contributed by atoms with Crippen LogP contribution >= 0.6 is 11.3 Å². The molecule has 250 valence electrons. The molecule has 0 saturated carbocycles. The van der Waals surface area contributed by atoms with Crippen LogP contribution in [0, 0.1) is 0 Å². The highest BCUT2D eigenvalue weighted by atomic mass is 32.1. The molecule has 53 heavy (non-hydrogen) atoms. The van der Waals surface area contributed by atoms with Gasteiger partial charge >= 0.3 is 0 Å². The van der Waals surface area contributed by atoms with E-state index >= 15 is 0 Å². The molecular weight excluding hydrogens is 661 g/mol.